The van der Waals surface area contributed by atoms with Crippen LogP contribution < -0.4 is 9.64 Å². The lowest BCUT2D eigenvalue weighted by atomic mass is 9.84. The molecule has 0 amide bonds. The zero-order valence-corrected chi connectivity index (χ0v) is 11.8. The summed E-state index contributed by atoms with van der Waals surface area (Å²) in [5.41, 5.74) is -1.23. The van der Waals surface area contributed by atoms with Crippen molar-refractivity contribution < 1.29 is 19.6 Å². The van der Waals surface area contributed by atoms with E-state index in [0.29, 0.717) is 19.4 Å². The summed E-state index contributed by atoms with van der Waals surface area (Å²) in [5.74, 6) is -0.922. The van der Waals surface area contributed by atoms with Gasteiger partial charge in [0.25, 0.3) is 5.88 Å². The van der Waals surface area contributed by atoms with Crippen molar-refractivity contribution in [3.05, 3.63) is 16.4 Å². The molecule has 2 rings (SSSR count). The van der Waals surface area contributed by atoms with Gasteiger partial charge in [-0.25, -0.2) is 4.98 Å². The number of aliphatic carboxylic acids is 1. The highest BCUT2D eigenvalue weighted by atomic mass is 16.6. The van der Waals surface area contributed by atoms with Crippen LogP contribution in [0.2, 0.25) is 0 Å². The molecule has 1 aromatic heterocycles. The first-order valence-electron chi connectivity index (χ1n) is 6.47. The van der Waals surface area contributed by atoms with Gasteiger partial charge in [-0.05, 0) is 12.8 Å². The molecule has 9 nitrogen and oxygen atoms in total. The van der Waals surface area contributed by atoms with Gasteiger partial charge < -0.3 is 14.7 Å². The Balaban J connectivity index is 2.41. The third kappa shape index (κ3) is 2.46. The van der Waals surface area contributed by atoms with Crippen molar-refractivity contribution in [1.29, 1.82) is 0 Å². The van der Waals surface area contributed by atoms with Crippen LogP contribution in [0.1, 0.15) is 19.8 Å². The van der Waals surface area contributed by atoms with E-state index >= 15 is 0 Å². The Bertz CT molecular complexity index is 579. The lowest BCUT2D eigenvalue weighted by Crippen LogP contribution is -2.34. The van der Waals surface area contributed by atoms with Gasteiger partial charge in [-0.15, -0.1) is 0 Å². The van der Waals surface area contributed by atoms with E-state index in [-0.39, 0.29) is 23.9 Å². The molecule has 0 radical (unpaired) electrons. The molecule has 0 bridgehead atoms. The molecule has 0 aromatic carbocycles. The monoisotopic (exact) mass is 296 g/mol. The predicted octanol–water partition coefficient (Wildman–Crippen LogP) is 1.08. The van der Waals surface area contributed by atoms with Gasteiger partial charge in [-0.2, -0.15) is 4.98 Å². The summed E-state index contributed by atoms with van der Waals surface area (Å²) in [6.07, 6.45) is 2.05. The van der Waals surface area contributed by atoms with E-state index in [0.717, 1.165) is 0 Å². The average molecular weight is 296 g/mol. The maximum atomic E-state index is 11.5. The van der Waals surface area contributed by atoms with Crippen LogP contribution in [0.3, 0.4) is 0 Å². The zero-order valence-electron chi connectivity index (χ0n) is 11.8. The van der Waals surface area contributed by atoms with Crippen molar-refractivity contribution >= 4 is 17.5 Å². The summed E-state index contributed by atoms with van der Waals surface area (Å²) >= 11 is 0. The van der Waals surface area contributed by atoms with Gasteiger partial charge in [0.1, 0.15) is 6.33 Å². The summed E-state index contributed by atoms with van der Waals surface area (Å²) in [5, 5.41) is 20.6. The second-order valence-electron chi connectivity index (χ2n) is 4.92. The Hall–Kier alpha value is -2.45. The van der Waals surface area contributed by atoms with E-state index in [9.17, 15) is 20.0 Å². The van der Waals surface area contributed by atoms with Crippen LogP contribution in [-0.2, 0) is 4.79 Å². The Labute approximate surface area is 120 Å². The number of carboxylic acids is 1. The standard InChI is InChI=1S/C12H16N4O5/c1-3-12(11(17)18)4-5-15(6-12)9-8(16(19)20)10(21-2)14-7-13-9/h7H,3-6H2,1-2H3,(H,17,18). The number of methoxy groups -OCH3 is 1. The van der Waals surface area contributed by atoms with E-state index in [1.54, 1.807) is 11.8 Å². The van der Waals surface area contributed by atoms with Gasteiger partial charge in [0.05, 0.1) is 17.4 Å². The van der Waals surface area contributed by atoms with Crippen LogP contribution in [0.25, 0.3) is 0 Å². The molecule has 1 unspecified atom stereocenters. The molecule has 114 valence electrons. The van der Waals surface area contributed by atoms with Crippen LogP contribution in [-0.4, -0.2) is 46.2 Å². The smallest absolute Gasteiger partial charge is 0.372 e. The zero-order chi connectivity index (χ0) is 15.6. The van der Waals surface area contributed by atoms with Gasteiger partial charge in [-0.3, -0.25) is 14.9 Å². The summed E-state index contributed by atoms with van der Waals surface area (Å²) in [6.45, 7) is 2.37. The molecule has 0 aliphatic carbocycles. The minimum absolute atomic E-state index is 0.100. The van der Waals surface area contributed by atoms with E-state index in [1.165, 1.54) is 13.4 Å². The second kappa shape index (κ2) is 5.51. The highest BCUT2D eigenvalue weighted by molar-refractivity contribution is 5.77. The molecule has 1 aliphatic heterocycles. The number of carboxylic acid groups (broad SMARTS) is 1. The van der Waals surface area contributed by atoms with Crippen molar-refractivity contribution in [2.75, 3.05) is 25.1 Å². The number of nitrogens with zero attached hydrogens (tertiary/aromatic N) is 4. The number of rotatable bonds is 5. The molecule has 21 heavy (non-hydrogen) atoms. The fraction of sp³-hybridized carbons (Fsp3) is 0.583. The molecular formula is C12H16N4O5. The third-order valence-electron chi connectivity index (χ3n) is 3.93. The molecule has 0 spiro atoms. The van der Waals surface area contributed by atoms with Crippen molar-refractivity contribution in [3.63, 3.8) is 0 Å². The van der Waals surface area contributed by atoms with Gasteiger partial charge in [0, 0.05) is 13.1 Å². The molecule has 1 atom stereocenters. The second-order valence-corrected chi connectivity index (χ2v) is 4.92. The van der Waals surface area contributed by atoms with E-state index in [1.807, 2.05) is 0 Å². The Morgan fingerprint density at radius 3 is 2.81 bits per heavy atom. The predicted molar refractivity (Wildman–Crippen MR) is 72.4 cm³/mol. The van der Waals surface area contributed by atoms with E-state index in [4.69, 9.17) is 4.74 Å². The SMILES string of the molecule is CCC1(C(=O)O)CCN(c2ncnc(OC)c2[N+](=O)[O-])C1. The quantitative estimate of drug-likeness (QED) is 0.633. The van der Waals surface area contributed by atoms with Crippen molar-refractivity contribution in [1.82, 2.24) is 9.97 Å². The number of aromatic nitrogens is 2. The normalized spacial score (nSPS) is 21.3. The first-order valence-corrected chi connectivity index (χ1v) is 6.47. The minimum atomic E-state index is -0.897. The maximum Gasteiger partial charge on any atom is 0.372 e. The Morgan fingerprint density at radius 2 is 2.33 bits per heavy atom. The van der Waals surface area contributed by atoms with Gasteiger partial charge in [-0.1, -0.05) is 6.92 Å². The topological polar surface area (TPSA) is 119 Å². The van der Waals surface area contributed by atoms with Crippen molar-refractivity contribution in [3.8, 4) is 5.88 Å². The fourth-order valence-corrected chi connectivity index (χ4v) is 2.56. The molecule has 0 saturated carbocycles. The Morgan fingerprint density at radius 1 is 1.62 bits per heavy atom. The minimum Gasteiger partial charge on any atom is -0.481 e. The highest BCUT2D eigenvalue weighted by Gasteiger charge is 2.45. The van der Waals surface area contributed by atoms with Crippen molar-refractivity contribution in [2.45, 2.75) is 19.8 Å². The van der Waals surface area contributed by atoms with Gasteiger partial charge >= 0.3 is 11.7 Å². The van der Waals surface area contributed by atoms with Crippen LogP contribution in [0, 0.1) is 15.5 Å². The summed E-state index contributed by atoms with van der Waals surface area (Å²) in [6, 6.07) is 0. The van der Waals surface area contributed by atoms with Crippen LogP contribution in [0.4, 0.5) is 11.5 Å². The molecule has 1 fully saturated rings. The molecule has 9 heteroatoms. The number of nitro groups is 1. The van der Waals surface area contributed by atoms with Crippen LogP contribution in [0.5, 0.6) is 5.88 Å². The summed E-state index contributed by atoms with van der Waals surface area (Å²) < 4.78 is 4.90. The lowest BCUT2D eigenvalue weighted by molar-refractivity contribution is -0.385. The third-order valence-corrected chi connectivity index (χ3v) is 3.93. The summed E-state index contributed by atoms with van der Waals surface area (Å²) in [7, 11) is 1.29. The number of hydrogen-bond donors (Lipinski definition) is 1. The fourth-order valence-electron chi connectivity index (χ4n) is 2.56. The summed E-state index contributed by atoms with van der Waals surface area (Å²) in [4.78, 5) is 31.4. The molecule has 2 heterocycles. The van der Waals surface area contributed by atoms with Crippen LogP contribution >= 0.6 is 0 Å². The molecule has 1 aliphatic rings. The lowest BCUT2D eigenvalue weighted by Gasteiger charge is -2.23. The average Bonchev–Trinajstić information content (AvgIpc) is 2.92. The van der Waals surface area contributed by atoms with E-state index in [2.05, 4.69) is 9.97 Å². The first-order chi connectivity index (χ1) is 9.95. The molecule has 1 aromatic rings. The first kappa shape index (κ1) is 14.9. The molecule has 1 N–H and O–H groups in total. The number of ether oxygens (including phenoxy) is 1. The number of hydrogen-bond acceptors (Lipinski definition) is 7. The highest BCUT2D eigenvalue weighted by Crippen LogP contribution is 2.40. The number of anilines is 1. The van der Waals surface area contributed by atoms with E-state index < -0.39 is 16.3 Å². The molecule has 1 saturated heterocycles. The van der Waals surface area contributed by atoms with Gasteiger partial charge in [0.15, 0.2) is 0 Å². The largest absolute Gasteiger partial charge is 0.481 e. The number of carbonyl (C=O) groups is 1. The maximum absolute atomic E-state index is 11.5. The molecular weight excluding hydrogens is 280 g/mol. The van der Waals surface area contributed by atoms with Gasteiger partial charge in [0.2, 0.25) is 5.82 Å². The Kier molecular flexibility index (Phi) is 3.92. The van der Waals surface area contributed by atoms with Crippen LogP contribution in [0.15, 0.2) is 6.33 Å². The van der Waals surface area contributed by atoms with Crippen molar-refractivity contribution in [2.24, 2.45) is 5.41 Å².